The van der Waals surface area contributed by atoms with Crippen molar-refractivity contribution in [3.8, 4) is 17.0 Å². The van der Waals surface area contributed by atoms with Gasteiger partial charge in [0.1, 0.15) is 18.0 Å². The molecule has 0 bridgehead atoms. The molecule has 0 radical (unpaired) electrons. The number of H-pyrrole nitrogens is 1. The number of rotatable bonds is 5. The third-order valence-corrected chi connectivity index (χ3v) is 4.73. The van der Waals surface area contributed by atoms with Crippen molar-refractivity contribution in [2.75, 3.05) is 39.5 Å². The van der Waals surface area contributed by atoms with E-state index < -0.39 is 0 Å². The van der Waals surface area contributed by atoms with E-state index in [2.05, 4.69) is 14.9 Å². The van der Waals surface area contributed by atoms with E-state index >= 15 is 0 Å². The lowest BCUT2D eigenvalue weighted by Gasteiger charge is -2.26. The summed E-state index contributed by atoms with van der Waals surface area (Å²) in [6.07, 6.45) is 1.70. The van der Waals surface area contributed by atoms with Gasteiger partial charge in [0.2, 0.25) is 0 Å². The molecule has 1 fully saturated rings. The molecule has 130 valence electrons. The summed E-state index contributed by atoms with van der Waals surface area (Å²) in [7, 11) is 0. The molecule has 0 spiro atoms. The molecular formula is C19H20ClN3O2. The van der Waals surface area contributed by atoms with Gasteiger partial charge in [0.15, 0.2) is 0 Å². The molecule has 1 aliphatic heterocycles. The number of fused-ring (bicyclic) bond motifs is 1. The van der Waals surface area contributed by atoms with E-state index in [4.69, 9.17) is 21.1 Å². The Bertz CT molecular complexity index is 859. The van der Waals surface area contributed by atoms with E-state index in [9.17, 15) is 0 Å². The van der Waals surface area contributed by atoms with Gasteiger partial charge in [-0.25, -0.2) is 4.98 Å². The van der Waals surface area contributed by atoms with Crippen molar-refractivity contribution in [2.45, 2.75) is 0 Å². The Labute approximate surface area is 151 Å². The van der Waals surface area contributed by atoms with Gasteiger partial charge in [-0.05, 0) is 24.3 Å². The fraction of sp³-hybridized carbons (Fsp3) is 0.316. The first-order valence-corrected chi connectivity index (χ1v) is 8.84. The van der Waals surface area contributed by atoms with Crippen LogP contribution in [0.2, 0.25) is 5.02 Å². The topological polar surface area (TPSA) is 50.4 Å². The Morgan fingerprint density at radius 1 is 1.20 bits per heavy atom. The minimum atomic E-state index is 0.670. The van der Waals surface area contributed by atoms with Crippen LogP contribution in [0, 0.1) is 0 Å². The van der Waals surface area contributed by atoms with Crippen LogP contribution >= 0.6 is 11.6 Å². The van der Waals surface area contributed by atoms with Gasteiger partial charge in [-0.3, -0.25) is 4.90 Å². The van der Waals surface area contributed by atoms with Crippen LogP contribution in [-0.4, -0.2) is 54.3 Å². The van der Waals surface area contributed by atoms with E-state index in [1.54, 1.807) is 12.3 Å². The zero-order valence-corrected chi connectivity index (χ0v) is 14.6. The first-order valence-electron chi connectivity index (χ1n) is 8.46. The van der Waals surface area contributed by atoms with E-state index in [0.29, 0.717) is 11.6 Å². The quantitative estimate of drug-likeness (QED) is 0.758. The molecule has 3 aromatic rings. The van der Waals surface area contributed by atoms with Gasteiger partial charge in [-0.1, -0.05) is 23.7 Å². The van der Waals surface area contributed by atoms with Gasteiger partial charge < -0.3 is 14.5 Å². The van der Waals surface area contributed by atoms with E-state index in [1.165, 1.54) is 0 Å². The highest BCUT2D eigenvalue weighted by Crippen LogP contribution is 2.29. The summed E-state index contributed by atoms with van der Waals surface area (Å²) in [5, 5.41) is 1.63. The fourth-order valence-electron chi connectivity index (χ4n) is 3.02. The number of halogens is 1. The minimum absolute atomic E-state index is 0.670. The number of nitrogens with one attached hydrogen (secondary N) is 1. The Balaban J connectivity index is 1.45. The molecule has 0 aliphatic carbocycles. The number of morpholine rings is 1. The Kier molecular flexibility index (Phi) is 4.88. The van der Waals surface area contributed by atoms with Gasteiger partial charge in [0.25, 0.3) is 0 Å². The molecule has 1 aliphatic rings. The lowest BCUT2D eigenvalue weighted by atomic mass is 10.1. The largest absolute Gasteiger partial charge is 0.492 e. The second-order valence-corrected chi connectivity index (χ2v) is 6.48. The molecule has 4 rings (SSSR count). The molecule has 6 heteroatoms. The molecule has 0 unspecified atom stereocenters. The molecule has 1 saturated heterocycles. The number of benzene rings is 1. The predicted octanol–water partition coefficient (Wildman–Crippen LogP) is 3.59. The SMILES string of the molecule is Clc1ccnc2[nH]c(-c3cccc(OCCN4CCOCC4)c3)cc12. The second kappa shape index (κ2) is 7.44. The third kappa shape index (κ3) is 3.79. The average molecular weight is 358 g/mol. The first kappa shape index (κ1) is 16.4. The summed E-state index contributed by atoms with van der Waals surface area (Å²) in [6, 6.07) is 11.9. The number of aromatic nitrogens is 2. The molecule has 25 heavy (non-hydrogen) atoms. The normalized spacial score (nSPS) is 15.6. The molecule has 0 amide bonds. The number of aromatic amines is 1. The average Bonchev–Trinajstić information content (AvgIpc) is 3.09. The van der Waals surface area contributed by atoms with Crippen molar-refractivity contribution in [2.24, 2.45) is 0 Å². The van der Waals surface area contributed by atoms with Crippen molar-refractivity contribution in [1.82, 2.24) is 14.9 Å². The number of hydrogen-bond donors (Lipinski definition) is 1. The summed E-state index contributed by atoms with van der Waals surface area (Å²) in [4.78, 5) is 10.00. The first-order chi connectivity index (χ1) is 12.3. The van der Waals surface area contributed by atoms with Gasteiger partial charge >= 0.3 is 0 Å². The van der Waals surface area contributed by atoms with Crippen molar-refractivity contribution >= 4 is 22.6 Å². The molecule has 1 aromatic carbocycles. The summed E-state index contributed by atoms with van der Waals surface area (Å²) in [6.45, 7) is 5.17. The van der Waals surface area contributed by atoms with Crippen LogP contribution in [0.3, 0.4) is 0 Å². The van der Waals surface area contributed by atoms with Gasteiger partial charge in [0, 0.05) is 42.5 Å². The highest BCUT2D eigenvalue weighted by molar-refractivity contribution is 6.35. The number of ether oxygens (including phenoxy) is 2. The van der Waals surface area contributed by atoms with Gasteiger partial charge in [-0.2, -0.15) is 0 Å². The Morgan fingerprint density at radius 3 is 2.92 bits per heavy atom. The van der Waals surface area contributed by atoms with E-state index in [-0.39, 0.29) is 0 Å². The Morgan fingerprint density at radius 2 is 2.08 bits per heavy atom. The smallest absolute Gasteiger partial charge is 0.139 e. The zero-order valence-electron chi connectivity index (χ0n) is 13.9. The predicted molar refractivity (Wildman–Crippen MR) is 99.3 cm³/mol. The van der Waals surface area contributed by atoms with Crippen molar-refractivity contribution < 1.29 is 9.47 Å². The van der Waals surface area contributed by atoms with E-state index in [1.807, 2.05) is 30.3 Å². The standard InChI is InChI=1S/C19H20ClN3O2/c20-17-4-5-21-19-16(17)13-18(22-19)14-2-1-3-15(12-14)25-11-8-23-6-9-24-10-7-23/h1-5,12-13H,6-11H2,(H,21,22). The van der Waals surface area contributed by atoms with Gasteiger partial charge in [0.05, 0.1) is 18.2 Å². The molecule has 1 N–H and O–H groups in total. The number of hydrogen-bond acceptors (Lipinski definition) is 4. The van der Waals surface area contributed by atoms with Crippen molar-refractivity contribution in [3.63, 3.8) is 0 Å². The summed E-state index contributed by atoms with van der Waals surface area (Å²) in [5.41, 5.74) is 2.83. The lowest BCUT2D eigenvalue weighted by Crippen LogP contribution is -2.38. The zero-order chi connectivity index (χ0) is 17.1. The van der Waals surface area contributed by atoms with Crippen molar-refractivity contribution in [3.05, 3.63) is 47.6 Å². The van der Waals surface area contributed by atoms with Gasteiger partial charge in [-0.15, -0.1) is 0 Å². The van der Waals surface area contributed by atoms with Crippen LogP contribution in [-0.2, 0) is 4.74 Å². The van der Waals surface area contributed by atoms with Crippen LogP contribution in [0.25, 0.3) is 22.3 Å². The van der Waals surface area contributed by atoms with Crippen LogP contribution in [0.15, 0.2) is 42.6 Å². The molecular weight excluding hydrogens is 338 g/mol. The van der Waals surface area contributed by atoms with Crippen molar-refractivity contribution in [1.29, 1.82) is 0 Å². The highest BCUT2D eigenvalue weighted by Gasteiger charge is 2.10. The lowest BCUT2D eigenvalue weighted by molar-refractivity contribution is 0.0322. The molecule has 0 saturated carbocycles. The molecule has 0 atom stereocenters. The van der Waals surface area contributed by atoms with E-state index in [0.717, 1.165) is 60.9 Å². The number of nitrogens with zero attached hydrogens (tertiary/aromatic N) is 2. The summed E-state index contributed by atoms with van der Waals surface area (Å²) in [5.74, 6) is 0.864. The maximum Gasteiger partial charge on any atom is 0.139 e. The molecule has 3 heterocycles. The molecule has 2 aromatic heterocycles. The van der Waals surface area contributed by atoms with Crippen LogP contribution in [0.4, 0.5) is 0 Å². The fourth-order valence-corrected chi connectivity index (χ4v) is 3.22. The molecule has 5 nitrogen and oxygen atoms in total. The Hall–Kier alpha value is -2.08. The summed E-state index contributed by atoms with van der Waals surface area (Å²) < 4.78 is 11.3. The monoisotopic (exact) mass is 357 g/mol. The second-order valence-electron chi connectivity index (χ2n) is 6.07. The maximum absolute atomic E-state index is 6.23. The van der Waals surface area contributed by atoms with Crippen LogP contribution in [0.5, 0.6) is 5.75 Å². The number of pyridine rings is 1. The van der Waals surface area contributed by atoms with Crippen LogP contribution < -0.4 is 4.74 Å². The third-order valence-electron chi connectivity index (χ3n) is 4.40. The maximum atomic E-state index is 6.23. The minimum Gasteiger partial charge on any atom is -0.492 e. The highest BCUT2D eigenvalue weighted by atomic mass is 35.5. The van der Waals surface area contributed by atoms with Crippen LogP contribution in [0.1, 0.15) is 0 Å². The summed E-state index contributed by atoms with van der Waals surface area (Å²) >= 11 is 6.23.